The average Bonchev–Trinajstić information content (AvgIpc) is 2.16. The minimum Gasteiger partial charge on any atom is -1.00 e. The molecule has 0 nitrogen and oxygen atoms in total. The van der Waals surface area contributed by atoms with Crippen molar-refractivity contribution in [1.82, 2.24) is 0 Å². The van der Waals surface area contributed by atoms with Gasteiger partial charge in [0.1, 0.15) is 0 Å². The van der Waals surface area contributed by atoms with Gasteiger partial charge >= 0.3 is 208 Å². The van der Waals surface area contributed by atoms with Gasteiger partial charge in [0, 0.05) is 892 Å². The van der Waals surface area contributed by atoms with Crippen LogP contribution in [-0.2, 0) is 0 Å². The quantitative estimate of drug-likeness (QED) is 0.200. The third-order valence-electron chi connectivity index (χ3n) is 2.50. The largest absolute Gasteiger partial charge is 1.00 e. The van der Waals surface area contributed by atoms with Crippen LogP contribution in [0.3, 0.4) is 0 Å². The van der Waals surface area contributed by atoms with Crippen LogP contribution >= 0.6 is 0 Å². The minimum atomic E-state index is 0. The monoisotopic (exact) mass is 3510 g/mol. The zero-order chi connectivity index (χ0) is 9.78. The molecule has 0 N–H and O–H groups in total. The van der Waals surface area contributed by atoms with Gasteiger partial charge in [-0.25, -0.2) is 0 Å². The maximum atomic E-state index is 1.92. The third kappa shape index (κ3) is 159. The van der Waals surface area contributed by atoms with Gasteiger partial charge in [-0.2, -0.15) is 0 Å². The van der Waals surface area contributed by atoms with Crippen LogP contribution in [0.15, 0.2) is 0 Å². The van der Waals surface area contributed by atoms with Crippen molar-refractivity contribution in [2.75, 3.05) is 0 Å². The summed E-state index contributed by atoms with van der Waals surface area (Å²) in [5.74, 6) is 0. The number of hydrogen-bond acceptors (Lipinski definition) is 0. The molecule has 0 aliphatic carbocycles. The standard InChI is InChI=1S/2CH4.13Ca.21Ce.11H2.2H/h2*1H4;;;;;;;;;;;;;;;;;;;;;;;;;;;;;;;;;;;11*1H;;/q;;;;;;;;;;;;;2*+1;;;;;;;;;;;;;;;;;;;;;;;;;;;;;;;;;2*-1. The van der Waals surface area contributed by atoms with Gasteiger partial charge in [0.25, 0.3) is 0 Å². The Labute approximate surface area is 1060 Å². The molecule has 0 rings (SSSR count). The molecule has 0 unspecified atom stereocenters. The first-order valence-corrected chi connectivity index (χ1v) is 102. The molecule has 36 heavy (non-hydrogen) atoms. The Morgan fingerprint density at radius 3 is 0.417 bits per heavy atom. The maximum Gasteiger partial charge on any atom is 0 e. The van der Waals surface area contributed by atoms with Gasteiger partial charge in [-0.3, -0.25) is 0 Å². The fourth-order valence-corrected chi connectivity index (χ4v) is 1900. The summed E-state index contributed by atoms with van der Waals surface area (Å²) >= 11 is 11.2. The second-order valence-corrected chi connectivity index (χ2v) is 273. The van der Waals surface area contributed by atoms with Gasteiger partial charge in [0.15, 0.2) is 0 Å². The van der Waals surface area contributed by atoms with Crippen LogP contribution in [0, 0.1) is 877 Å². The maximum absolute atomic E-state index is 1.92. The van der Waals surface area contributed by atoms with Gasteiger partial charge < -0.3 is 2.85 Å². The molecule has 150 valence electrons. The molecule has 0 aromatic carbocycles. The summed E-state index contributed by atoms with van der Waals surface area (Å²) in [5.41, 5.74) is 0. The molecule has 0 radical (unpaired) electrons. The molecule has 34 heteroatoms. The summed E-state index contributed by atoms with van der Waals surface area (Å²) in [6.07, 6.45) is 0. The Morgan fingerprint density at radius 1 is 0.250 bits per heavy atom. The van der Waals surface area contributed by atoms with E-state index in [-0.39, 0.29) is 910 Å². The Balaban J connectivity index is -0.00000000114. The predicted molar refractivity (Wildman–Crippen MR) is 114 cm³/mol. The zero-order valence-electron chi connectivity index (χ0n) is 21.7. The fourth-order valence-electron chi connectivity index (χ4n) is 1.59. The summed E-state index contributed by atoms with van der Waals surface area (Å²) in [4.78, 5) is 0. The molecule has 0 saturated carbocycles. The van der Waals surface area contributed by atoms with Gasteiger partial charge in [-0.05, 0) is 0 Å². The van der Waals surface area contributed by atoms with Crippen molar-refractivity contribution < 1.29 is 895 Å². The van der Waals surface area contributed by atoms with Gasteiger partial charge in [0.05, 0.1) is 0 Å². The summed E-state index contributed by atoms with van der Waals surface area (Å²) in [6.45, 7) is 0. The average molecular weight is 3520 g/mol. The van der Waals surface area contributed by atoms with E-state index in [1.165, 1.54) is 0 Å². The number of rotatable bonds is 10. The normalized spacial score (nSPS) is 1.44. The Kier molecular flexibility index (Phi) is 707. The SMILES string of the molecule is C.C.[Ca+][Ca][Ca][Ca][Ca][Ca][Ca][Ca][Ca][Ca][Ca][Ca][Ca+].[Ce].[Ce].[Ce].[Ce].[Ce].[Ce].[Ce].[Ce].[Ce].[Ce].[Ce].[Ce].[Ce].[Ce].[Ce].[Ce].[Ce].[Ce].[Ce].[Ce].[Ce].[H-].[H-].[HH].[HH].[HH].[HH].[HH].[HH].[HH].[HH].[HH].[HH].[HH]. The van der Waals surface area contributed by atoms with Crippen LogP contribution in [0.2, 0.25) is 0 Å². The third-order valence-corrected chi connectivity index (χ3v) is 722. The first kappa shape index (κ1) is 160. The Bertz CT molecular complexity index is 151. The van der Waals surface area contributed by atoms with Crippen LogP contribution in [0.5, 0.6) is 0 Å². The van der Waals surface area contributed by atoms with Crippen molar-refractivity contribution >= 4 is 208 Å². The predicted octanol–water partition coefficient (Wildman–Crippen LogP) is -0.747. The van der Waals surface area contributed by atoms with Crippen molar-refractivity contribution in [1.29, 1.82) is 0 Å². The van der Waals surface area contributed by atoms with Crippen molar-refractivity contribution in [2.45, 2.75) is 14.9 Å². The summed E-state index contributed by atoms with van der Waals surface area (Å²) < 4.78 is 0. The molecule has 0 saturated heterocycles. The molecule has 0 aromatic rings. The number of hydrogen-bond donors (Lipinski definition) is 0. The molecular formula is C2H32Ca13Ce21. The van der Waals surface area contributed by atoms with E-state index in [1.54, 1.807) is 0 Å². The Morgan fingerprint density at radius 2 is 0.333 bits per heavy atom. The van der Waals surface area contributed by atoms with Crippen LogP contribution in [0.1, 0.15) is 33.4 Å². The van der Waals surface area contributed by atoms with Crippen molar-refractivity contribution in [3.8, 4) is 0 Å². The molecule has 0 atom stereocenters. The molecule has 0 bridgehead atoms. The minimum absolute atomic E-state index is 0. The fraction of sp³-hybridized carbons (Fsp3) is 1.00. The summed E-state index contributed by atoms with van der Waals surface area (Å²) in [6, 6.07) is 0. The molecule has 0 heterocycles. The van der Waals surface area contributed by atoms with E-state index in [2.05, 4.69) is 0 Å². The molecule has 0 fully saturated rings. The van der Waals surface area contributed by atoms with Crippen molar-refractivity contribution in [2.24, 2.45) is 0 Å². The molecule has 0 aliphatic rings. The molecule has 0 aliphatic heterocycles. The van der Waals surface area contributed by atoms with E-state index in [9.17, 15) is 0 Å². The molecule has 0 amide bonds. The van der Waals surface area contributed by atoms with E-state index < -0.39 is 0 Å². The van der Waals surface area contributed by atoms with Gasteiger partial charge in [-0.1, -0.05) is 14.9 Å². The van der Waals surface area contributed by atoms with E-state index in [1.807, 2.05) is 51.9 Å². The zero-order valence-corrected chi connectivity index (χ0v) is 114. The summed E-state index contributed by atoms with van der Waals surface area (Å²) in [7, 11) is 0. The van der Waals surface area contributed by atoms with Gasteiger partial charge in [-0.15, -0.1) is 0 Å². The Hall–Kier alpha value is 45.3. The first-order valence-electron chi connectivity index (χ1n) is 6.00. The van der Waals surface area contributed by atoms with Crippen LogP contribution in [0.4, 0.5) is 0 Å². The van der Waals surface area contributed by atoms with Crippen LogP contribution in [-0.4, -0.2) is 208 Å². The first-order chi connectivity index (χ1) is 6.41. The van der Waals surface area contributed by atoms with Crippen LogP contribution in [0.25, 0.3) is 0 Å². The topological polar surface area (TPSA) is 0 Å². The van der Waals surface area contributed by atoms with E-state index in [4.69, 9.17) is 0 Å². The van der Waals surface area contributed by atoms with Crippen LogP contribution < -0.4 is 0 Å². The van der Waals surface area contributed by atoms with E-state index in [0.717, 1.165) is 42.4 Å². The van der Waals surface area contributed by atoms with Gasteiger partial charge in [0.2, 0.25) is 0 Å². The molecular weight excluding hydrogens is 3490 g/mol. The van der Waals surface area contributed by atoms with E-state index in [0.29, 0.717) is 113 Å². The van der Waals surface area contributed by atoms with Crippen molar-refractivity contribution in [3.05, 3.63) is 0 Å². The summed E-state index contributed by atoms with van der Waals surface area (Å²) in [5, 5.41) is 0. The second kappa shape index (κ2) is 159. The smallest absolute Gasteiger partial charge is 0 e. The van der Waals surface area contributed by atoms with Crippen molar-refractivity contribution in [3.63, 3.8) is 0 Å². The second-order valence-electron chi connectivity index (χ2n) is 3.89. The molecule has 0 spiro atoms. The molecule has 0 aromatic heterocycles. The van der Waals surface area contributed by atoms with E-state index >= 15 is 0 Å².